The summed E-state index contributed by atoms with van der Waals surface area (Å²) in [6.07, 6.45) is 6.06. The Labute approximate surface area is 219 Å². The SMILES string of the molecule is C=CC(=O)NCCCOCC(COCCCNCC(=C)C=O)(COCCCNC(=O)C=C)NC(=O)C=C. The zero-order valence-electron chi connectivity index (χ0n) is 21.7. The highest BCUT2D eigenvalue weighted by atomic mass is 16.5. The van der Waals surface area contributed by atoms with Crippen molar-refractivity contribution in [2.75, 3.05) is 65.8 Å². The van der Waals surface area contributed by atoms with Gasteiger partial charge in [-0.05, 0) is 49.6 Å². The summed E-state index contributed by atoms with van der Waals surface area (Å²) in [7, 11) is 0. The predicted octanol–water partition coefficient (Wildman–Crippen LogP) is 0.197. The Bertz CT molecular complexity index is 723. The number of aldehydes is 1. The molecular formula is C26H42N4O7. The maximum Gasteiger partial charge on any atom is 0.244 e. The van der Waals surface area contributed by atoms with Gasteiger partial charge in [-0.2, -0.15) is 0 Å². The van der Waals surface area contributed by atoms with Crippen LogP contribution < -0.4 is 21.3 Å². The van der Waals surface area contributed by atoms with Crippen LogP contribution in [0, 0.1) is 0 Å². The third kappa shape index (κ3) is 18.8. The van der Waals surface area contributed by atoms with Crippen molar-refractivity contribution in [1.29, 1.82) is 0 Å². The molecule has 0 aromatic carbocycles. The van der Waals surface area contributed by atoms with E-state index in [1.165, 1.54) is 12.2 Å². The summed E-state index contributed by atoms with van der Waals surface area (Å²) in [5.41, 5.74) is -0.520. The second-order valence-electron chi connectivity index (χ2n) is 8.14. The summed E-state index contributed by atoms with van der Waals surface area (Å²) in [4.78, 5) is 45.3. The number of hydrogen-bond donors (Lipinski definition) is 4. The number of ether oxygens (including phenoxy) is 3. The van der Waals surface area contributed by atoms with Crippen molar-refractivity contribution in [2.24, 2.45) is 0 Å². The van der Waals surface area contributed by atoms with Gasteiger partial charge in [-0.15, -0.1) is 0 Å². The van der Waals surface area contributed by atoms with Crippen LogP contribution in [0.4, 0.5) is 0 Å². The van der Waals surface area contributed by atoms with Crippen LogP contribution in [-0.2, 0) is 33.4 Å². The lowest BCUT2D eigenvalue weighted by Gasteiger charge is -2.34. The Morgan fingerprint density at radius 3 is 1.54 bits per heavy atom. The zero-order chi connectivity index (χ0) is 27.8. The average Bonchev–Trinajstić information content (AvgIpc) is 2.91. The highest BCUT2D eigenvalue weighted by Gasteiger charge is 2.33. The Morgan fingerprint density at radius 2 is 1.14 bits per heavy atom. The third-order valence-electron chi connectivity index (χ3n) is 4.77. The van der Waals surface area contributed by atoms with Gasteiger partial charge >= 0.3 is 0 Å². The van der Waals surface area contributed by atoms with Crippen molar-refractivity contribution in [3.8, 4) is 0 Å². The van der Waals surface area contributed by atoms with Gasteiger partial charge in [-0.1, -0.05) is 26.3 Å². The summed E-state index contributed by atoms with van der Waals surface area (Å²) in [6.45, 7) is 17.2. The first-order valence-corrected chi connectivity index (χ1v) is 12.1. The van der Waals surface area contributed by atoms with Gasteiger partial charge < -0.3 is 35.5 Å². The van der Waals surface area contributed by atoms with Gasteiger partial charge in [-0.25, -0.2) is 0 Å². The van der Waals surface area contributed by atoms with E-state index in [-0.39, 0.29) is 31.6 Å². The smallest absolute Gasteiger partial charge is 0.244 e. The van der Waals surface area contributed by atoms with Crippen LogP contribution in [0.15, 0.2) is 50.1 Å². The number of amides is 3. The van der Waals surface area contributed by atoms with Gasteiger partial charge in [-0.3, -0.25) is 19.2 Å². The van der Waals surface area contributed by atoms with E-state index < -0.39 is 11.4 Å². The van der Waals surface area contributed by atoms with Crippen LogP contribution >= 0.6 is 0 Å². The zero-order valence-corrected chi connectivity index (χ0v) is 21.7. The molecule has 0 aliphatic rings. The van der Waals surface area contributed by atoms with Crippen LogP contribution in [-0.4, -0.2) is 95.4 Å². The van der Waals surface area contributed by atoms with Crippen LogP contribution in [0.25, 0.3) is 0 Å². The fraction of sp³-hybridized carbons (Fsp3) is 0.538. The molecule has 0 aromatic rings. The van der Waals surface area contributed by atoms with E-state index in [0.29, 0.717) is 77.1 Å². The van der Waals surface area contributed by atoms with Gasteiger partial charge in [0.25, 0.3) is 0 Å². The van der Waals surface area contributed by atoms with E-state index in [1.54, 1.807) is 0 Å². The summed E-state index contributed by atoms with van der Waals surface area (Å²) in [5, 5.41) is 11.3. The molecule has 0 unspecified atom stereocenters. The molecule has 0 rings (SSSR count). The fourth-order valence-electron chi connectivity index (χ4n) is 2.85. The van der Waals surface area contributed by atoms with Crippen LogP contribution in [0.3, 0.4) is 0 Å². The summed E-state index contributed by atoms with van der Waals surface area (Å²) >= 11 is 0. The van der Waals surface area contributed by atoms with E-state index in [9.17, 15) is 19.2 Å². The van der Waals surface area contributed by atoms with Crippen LogP contribution in [0.5, 0.6) is 0 Å². The Kier molecular flexibility index (Phi) is 20.2. The molecule has 0 spiro atoms. The molecule has 0 aliphatic heterocycles. The van der Waals surface area contributed by atoms with E-state index in [0.717, 1.165) is 6.08 Å². The summed E-state index contributed by atoms with van der Waals surface area (Å²) in [6, 6.07) is 0. The number of carbonyl (C=O) groups is 4. The van der Waals surface area contributed by atoms with Crippen LogP contribution in [0.1, 0.15) is 19.3 Å². The van der Waals surface area contributed by atoms with Gasteiger partial charge in [0.05, 0.1) is 19.8 Å². The monoisotopic (exact) mass is 522 g/mol. The topological polar surface area (TPSA) is 144 Å². The number of nitrogens with one attached hydrogen (secondary N) is 4. The lowest BCUT2D eigenvalue weighted by molar-refractivity contribution is -0.123. The molecule has 0 saturated carbocycles. The van der Waals surface area contributed by atoms with Gasteiger partial charge in [0.1, 0.15) is 11.8 Å². The normalized spacial score (nSPS) is 10.7. The lowest BCUT2D eigenvalue weighted by Crippen LogP contribution is -2.58. The highest BCUT2D eigenvalue weighted by molar-refractivity contribution is 5.87. The van der Waals surface area contributed by atoms with Crippen molar-refractivity contribution in [3.63, 3.8) is 0 Å². The van der Waals surface area contributed by atoms with Crippen LogP contribution in [0.2, 0.25) is 0 Å². The Hall–Kier alpha value is -3.12. The first kappa shape index (κ1) is 33.9. The number of carbonyl (C=O) groups excluding carboxylic acids is 4. The standard InChI is InChI=1S/C26H42N4O7/c1-5-23(32)28-12-9-15-36-20-26(30-25(34)7-3,21-37-16-10-13-29-24(33)6-2)19-35-14-8-11-27-17-22(4)18-31/h5-7,18,27H,1-4,8-17,19-21H2,(H,28,32)(H,29,33)(H,30,34). The molecule has 0 aliphatic carbocycles. The average molecular weight is 523 g/mol. The molecule has 0 atom stereocenters. The first-order valence-electron chi connectivity index (χ1n) is 12.1. The first-order chi connectivity index (χ1) is 17.8. The van der Waals surface area contributed by atoms with Crippen molar-refractivity contribution < 1.29 is 33.4 Å². The van der Waals surface area contributed by atoms with Crippen molar-refractivity contribution >= 4 is 24.0 Å². The van der Waals surface area contributed by atoms with Crippen molar-refractivity contribution in [3.05, 3.63) is 50.1 Å². The fourth-order valence-corrected chi connectivity index (χ4v) is 2.85. The number of rotatable bonds is 25. The number of hydrogen-bond acceptors (Lipinski definition) is 8. The minimum Gasteiger partial charge on any atom is -0.379 e. The molecule has 0 bridgehead atoms. The third-order valence-corrected chi connectivity index (χ3v) is 4.77. The second kappa shape index (κ2) is 22.1. The largest absolute Gasteiger partial charge is 0.379 e. The van der Waals surface area contributed by atoms with Crippen molar-refractivity contribution in [1.82, 2.24) is 21.3 Å². The molecule has 0 fully saturated rings. The minimum absolute atomic E-state index is 0.104. The van der Waals surface area contributed by atoms with E-state index in [2.05, 4.69) is 47.6 Å². The van der Waals surface area contributed by atoms with Gasteiger partial charge in [0.15, 0.2) is 0 Å². The predicted molar refractivity (Wildman–Crippen MR) is 142 cm³/mol. The molecule has 11 heteroatoms. The summed E-state index contributed by atoms with van der Waals surface area (Å²) < 4.78 is 17.5. The Morgan fingerprint density at radius 1 is 0.703 bits per heavy atom. The summed E-state index contributed by atoms with van der Waals surface area (Å²) in [5.74, 6) is -0.923. The highest BCUT2D eigenvalue weighted by Crippen LogP contribution is 2.10. The maximum absolute atomic E-state index is 12.2. The van der Waals surface area contributed by atoms with E-state index in [4.69, 9.17) is 14.2 Å². The molecule has 208 valence electrons. The van der Waals surface area contributed by atoms with E-state index in [1.807, 2.05) is 0 Å². The molecule has 0 heterocycles. The van der Waals surface area contributed by atoms with Gasteiger partial charge in [0.2, 0.25) is 17.7 Å². The second-order valence-corrected chi connectivity index (χ2v) is 8.14. The molecule has 0 saturated heterocycles. The Balaban J connectivity index is 4.90. The molecule has 0 radical (unpaired) electrons. The minimum atomic E-state index is -0.987. The molecule has 4 N–H and O–H groups in total. The van der Waals surface area contributed by atoms with E-state index >= 15 is 0 Å². The van der Waals surface area contributed by atoms with Crippen molar-refractivity contribution in [2.45, 2.75) is 24.8 Å². The molecule has 11 nitrogen and oxygen atoms in total. The lowest BCUT2D eigenvalue weighted by atomic mass is 10.0. The quantitative estimate of drug-likeness (QED) is 0.0756. The molecule has 37 heavy (non-hydrogen) atoms. The molecule has 3 amide bonds. The molecule has 0 aromatic heterocycles. The maximum atomic E-state index is 12.2. The van der Waals surface area contributed by atoms with Gasteiger partial charge in [0, 0.05) is 39.5 Å². The molecular weight excluding hydrogens is 480 g/mol.